The largest absolute Gasteiger partial charge is 0.457 e. The van der Waals surface area contributed by atoms with Crippen molar-refractivity contribution in [1.29, 1.82) is 0 Å². The second-order valence-corrected chi connectivity index (χ2v) is 5.01. The molecule has 3 heteroatoms. The van der Waals surface area contributed by atoms with Crippen molar-refractivity contribution < 1.29 is 9.84 Å². The fourth-order valence-electron chi connectivity index (χ4n) is 2.42. The van der Waals surface area contributed by atoms with E-state index in [0.29, 0.717) is 6.42 Å². The van der Waals surface area contributed by atoms with E-state index in [-0.39, 0.29) is 12.6 Å². The summed E-state index contributed by atoms with van der Waals surface area (Å²) in [5, 5.41) is 12.3. The van der Waals surface area contributed by atoms with Gasteiger partial charge in [-0.25, -0.2) is 0 Å². The topological polar surface area (TPSA) is 41.5 Å². The molecule has 2 N–H and O–H groups in total. The lowest BCUT2D eigenvalue weighted by Crippen LogP contribution is -2.15. The number of aliphatic hydroxyl groups is 1. The van der Waals surface area contributed by atoms with Gasteiger partial charge in [-0.3, -0.25) is 0 Å². The molecule has 0 amide bonds. The molecule has 21 heavy (non-hydrogen) atoms. The van der Waals surface area contributed by atoms with Gasteiger partial charge in [-0.1, -0.05) is 37.3 Å². The molecular weight excluding hydrogens is 262 g/mol. The number of hydrogen-bond donors (Lipinski definition) is 2. The van der Waals surface area contributed by atoms with Gasteiger partial charge in [0, 0.05) is 18.2 Å². The summed E-state index contributed by atoms with van der Waals surface area (Å²) in [4.78, 5) is 0. The van der Waals surface area contributed by atoms with Crippen LogP contribution < -0.4 is 10.1 Å². The normalized spacial score (nSPS) is 12.1. The summed E-state index contributed by atoms with van der Waals surface area (Å²) in [6.45, 7) is 2.32. The average Bonchev–Trinajstić information content (AvgIpc) is 2.52. The van der Waals surface area contributed by atoms with Crippen molar-refractivity contribution in [1.82, 2.24) is 5.32 Å². The summed E-state index contributed by atoms with van der Waals surface area (Å²) >= 11 is 0. The molecule has 0 heterocycles. The highest BCUT2D eigenvalue weighted by atomic mass is 16.5. The van der Waals surface area contributed by atoms with Crippen LogP contribution in [-0.4, -0.2) is 18.8 Å². The number of para-hydroxylation sites is 1. The van der Waals surface area contributed by atoms with E-state index < -0.39 is 0 Å². The van der Waals surface area contributed by atoms with Crippen LogP contribution in [0.1, 0.15) is 30.5 Å². The first-order valence-electron chi connectivity index (χ1n) is 7.42. The minimum absolute atomic E-state index is 0.170. The lowest BCUT2D eigenvalue weighted by atomic mass is 10.0. The second-order valence-electron chi connectivity index (χ2n) is 5.01. The van der Waals surface area contributed by atoms with Gasteiger partial charge in [-0.05, 0) is 43.7 Å². The van der Waals surface area contributed by atoms with Crippen LogP contribution in [0.4, 0.5) is 0 Å². The zero-order chi connectivity index (χ0) is 15.1. The molecule has 0 aliphatic heterocycles. The summed E-state index contributed by atoms with van der Waals surface area (Å²) < 4.78 is 6.02. The van der Waals surface area contributed by atoms with E-state index in [1.54, 1.807) is 0 Å². The quantitative estimate of drug-likeness (QED) is 0.815. The Balaban J connectivity index is 2.19. The van der Waals surface area contributed by atoms with Crippen molar-refractivity contribution >= 4 is 0 Å². The molecule has 0 bridgehead atoms. The van der Waals surface area contributed by atoms with Gasteiger partial charge in [0.2, 0.25) is 0 Å². The van der Waals surface area contributed by atoms with Gasteiger partial charge < -0.3 is 15.2 Å². The molecule has 0 aromatic heterocycles. The van der Waals surface area contributed by atoms with Gasteiger partial charge in [0.25, 0.3) is 0 Å². The molecule has 0 saturated carbocycles. The zero-order valence-electron chi connectivity index (χ0n) is 12.7. The van der Waals surface area contributed by atoms with Crippen LogP contribution in [0.3, 0.4) is 0 Å². The Hall–Kier alpha value is -1.84. The molecule has 1 unspecified atom stereocenters. The molecule has 0 fully saturated rings. The SMILES string of the molecule is CCC(NC)c1ccccc1Oc1ccc(CCO)cc1. The number of nitrogens with one attached hydrogen (secondary N) is 1. The lowest BCUT2D eigenvalue weighted by Gasteiger charge is -2.18. The highest BCUT2D eigenvalue weighted by molar-refractivity contribution is 5.40. The van der Waals surface area contributed by atoms with Crippen molar-refractivity contribution in [2.24, 2.45) is 0 Å². The molecule has 2 aromatic carbocycles. The maximum absolute atomic E-state index is 8.94. The van der Waals surface area contributed by atoms with Gasteiger partial charge in [-0.15, -0.1) is 0 Å². The highest BCUT2D eigenvalue weighted by Gasteiger charge is 2.12. The van der Waals surface area contributed by atoms with Gasteiger partial charge in [-0.2, -0.15) is 0 Å². The minimum atomic E-state index is 0.170. The smallest absolute Gasteiger partial charge is 0.132 e. The summed E-state index contributed by atoms with van der Waals surface area (Å²) in [5.41, 5.74) is 2.28. The molecule has 3 nitrogen and oxygen atoms in total. The highest BCUT2D eigenvalue weighted by Crippen LogP contribution is 2.30. The standard InChI is InChI=1S/C18H23NO2/c1-3-17(19-2)16-6-4-5-7-18(16)21-15-10-8-14(9-11-15)12-13-20/h4-11,17,19-20H,3,12-13H2,1-2H3. The van der Waals surface area contributed by atoms with Gasteiger partial charge in [0.05, 0.1) is 0 Å². The first-order valence-corrected chi connectivity index (χ1v) is 7.42. The third-order valence-electron chi connectivity index (χ3n) is 3.60. The first kappa shape index (κ1) is 15.5. The molecule has 2 rings (SSSR count). The van der Waals surface area contributed by atoms with Crippen molar-refractivity contribution in [3.05, 3.63) is 59.7 Å². The molecular formula is C18H23NO2. The van der Waals surface area contributed by atoms with Crippen LogP contribution in [-0.2, 0) is 6.42 Å². The van der Waals surface area contributed by atoms with Gasteiger partial charge >= 0.3 is 0 Å². The van der Waals surface area contributed by atoms with Crippen LogP contribution in [0.2, 0.25) is 0 Å². The Morgan fingerprint density at radius 3 is 2.43 bits per heavy atom. The van der Waals surface area contributed by atoms with E-state index in [1.807, 2.05) is 49.5 Å². The van der Waals surface area contributed by atoms with Crippen LogP contribution in [0.5, 0.6) is 11.5 Å². The number of rotatable bonds is 7. The summed E-state index contributed by atoms with van der Waals surface area (Å²) in [5.74, 6) is 1.70. The monoisotopic (exact) mass is 285 g/mol. The molecule has 0 saturated heterocycles. The van der Waals surface area contributed by atoms with Crippen molar-refractivity contribution in [3.63, 3.8) is 0 Å². The van der Waals surface area contributed by atoms with Crippen molar-refractivity contribution in [3.8, 4) is 11.5 Å². The van der Waals surface area contributed by atoms with Crippen molar-refractivity contribution in [2.45, 2.75) is 25.8 Å². The Labute approximate surface area is 126 Å². The fraction of sp³-hybridized carbons (Fsp3) is 0.333. The molecule has 112 valence electrons. The van der Waals surface area contributed by atoms with E-state index in [2.05, 4.69) is 18.3 Å². The van der Waals surface area contributed by atoms with Crippen LogP contribution >= 0.6 is 0 Å². The van der Waals surface area contributed by atoms with Crippen LogP contribution in [0.15, 0.2) is 48.5 Å². The minimum Gasteiger partial charge on any atom is -0.457 e. The molecule has 0 spiro atoms. The van der Waals surface area contributed by atoms with E-state index in [0.717, 1.165) is 23.5 Å². The summed E-state index contributed by atoms with van der Waals surface area (Å²) in [6.07, 6.45) is 1.68. The van der Waals surface area contributed by atoms with Gasteiger partial charge in [0.1, 0.15) is 11.5 Å². The average molecular weight is 285 g/mol. The van der Waals surface area contributed by atoms with Crippen LogP contribution in [0, 0.1) is 0 Å². The Kier molecular flexibility index (Phi) is 5.78. The predicted octanol–water partition coefficient (Wildman–Crippen LogP) is 3.68. The summed E-state index contributed by atoms with van der Waals surface area (Å²) in [7, 11) is 1.97. The number of hydrogen-bond acceptors (Lipinski definition) is 3. The fourth-order valence-corrected chi connectivity index (χ4v) is 2.42. The zero-order valence-corrected chi connectivity index (χ0v) is 12.7. The van der Waals surface area contributed by atoms with E-state index in [9.17, 15) is 0 Å². The molecule has 0 aliphatic carbocycles. The third kappa shape index (κ3) is 4.06. The maximum atomic E-state index is 8.94. The molecule has 1 atom stereocenters. The Morgan fingerprint density at radius 2 is 1.81 bits per heavy atom. The van der Waals surface area contributed by atoms with Crippen molar-refractivity contribution in [2.75, 3.05) is 13.7 Å². The van der Waals surface area contributed by atoms with E-state index in [1.165, 1.54) is 5.56 Å². The Morgan fingerprint density at radius 1 is 1.10 bits per heavy atom. The molecule has 0 radical (unpaired) electrons. The number of aliphatic hydroxyl groups excluding tert-OH is 1. The van der Waals surface area contributed by atoms with E-state index >= 15 is 0 Å². The lowest BCUT2D eigenvalue weighted by molar-refractivity contribution is 0.299. The molecule has 0 aliphatic rings. The second kappa shape index (κ2) is 7.81. The maximum Gasteiger partial charge on any atom is 0.132 e. The van der Waals surface area contributed by atoms with E-state index in [4.69, 9.17) is 9.84 Å². The predicted molar refractivity (Wildman–Crippen MR) is 85.8 cm³/mol. The van der Waals surface area contributed by atoms with Crippen LogP contribution in [0.25, 0.3) is 0 Å². The van der Waals surface area contributed by atoms with Gasteiger partial charge in [0.15, 0.2) is 0 Å². The Bertz CT molecular complexity index is 547. The first-order chi connectivity index (χ1) is 10.3. The number of benzene rings is 2. The molecule has 2 aromatic rings. The number of ether oxygens (including phenoxy) is 1. The third-order valence-corrected chi connectivity index (χ3v) is 3.60. The summed E-state index contributed by atoms with van der Waals surface area (Å²) in [6, 6.07) is 16.3.